The molecule has 0 radical (unpaired) electrons. The molecule has 0 aromatic carbocycles. The third-order valence-corrected chi connectivity index (χ3v) is 4.83. The molecule has 0 aromatic rings. The van der Waals surface area contributed by atoms with Crippen LogP contribution < -0.4 is 5.32 Å². The normalized spacial score (nSPS) is 25.0. The minimum absolute atomic E-state index is 0.466. The molecule has 0 saturated heterocycles. The van der Waals surface area contributed by atoms with E-state index in [0.717, 1.165) is 18.4 Å². The van der Waals surface area contributed by atoms with Gasteiger partial charge < -0.3 is 10.1 Å². The second kappa shape index (κ2) is 7.49. The first kappa shape index (κ1) is 14.3. The van der Waals surface area contributed by atoms with Gasteiger partial charge in [-0.15, -0.1) is 0 Å². The number of ether oxygens (including phenoxy) is 1. The number of hydrogen-bond acceptors (Lipinski definition) is 2. The minimum atomic E-state index is 0.466. The average molecular weight is 253 g/mol. The summed E-state index contributed by atoms with van der Waals surface area (Å²) >= 11 is 0. The van der Waals surface area contributed by atoms with Crippen LogP contribution in [0.2, 0.25) is 0 Å². The molecule has 2 fully saturated rings. The lowest BCUT2D eigenvalue weighted by molar-refractivity contribution is 0.0462. The van der Waals surface area contributed by atoms with E-state index < -0.39 is 0 Å². The monoisotopic (exact) mass is 253 g/mol. The summed E-state index contributed by atoms with van der Waals surface area (Å²) in [6.45, 7) is 3.29. The molecule has 2 saturated carbocycles. The lowest BCUT2D eigenvalue weighted by Crippen LogP contribution is -2.42. The van der Waals surface area contributed by atoms with Gasteiger partial charge in [0.2, 0.25) is 0 Å². The topological polar surface area (TPSA) is 21.3 Å². The molecule has 0 aromatic heterocycles. The van der Waals surface area contributed by atoms with Crippen molar-refractivity contribution >= 4 is 0 Å². The molecule has 1 N–H and O–H groups in total. The van der Waals surface area contributed by atoms with Crippen LogP contribution >= 0.6 is 0 Å². The van der Waals surface area contributed by atoms with Crippen molar-refractivity contribution in [2.45, 2.75) is 76.9 Å². The van der Waals surface area contributed by atoms with Crippen LogP contribution in [0.25, 0.3) is 0 Å². The Hall–Kier alpha value is -0.0800. The lowest BCUT2D eigenvalue weighted by atomic mass is 9.84. The summed E-state index contributed by atoms with van der Waals surface area (Å²) in [5.41, 5.74) is 0. The molecule has 0 amide bonds. The number of hydrogen-bond donors (Lipinski definition) is 1. The first-order valence-corrected chi connectivity index (χ1v) is 8.11. The van der Waals surface area contributed by atoms with Gasteiger partial charge in [0, 0.05) is 13.2 Å². The third kappa shape index (κ3) is 4.24. The van der Waals surface area contributed by atoms with Crippen LogP contribution in [0.3, 0.4) is 0 Å². The highest BCUT2D eigenvalue weighted by Gasteiger charge is 2.36. The van der Waals surface area contributed by atoms with E-state index in [1.165, 1.54) is 57.8 Å². The molecule has 2 atom stereocenters. The second-order valence-corrected chi connectivity index (χ2v) is 6.28. The van der Waals surface area contributed by atoms with E-state index in [4.69, 9.17) is 4.74 Å². The van der Waals surface area contributed by atoms with Crippen molar-refractivity contribution in [1.82, 2.24) is 5.32 Å². The molecule has 18 heavy (non-hydrogen) atoms. The molecule has 0 aliphatic heterocycles. The number of likely N-dealkylation sites (N-methyl/N-ethyl adjacent to an activating group) is 1. The van der Waals surface area contributed by atoms with Crippen LogP contribution in [0, 0.1) is 11.8 Å². The van der Waals surface area contributed by atoms with E-state index in [1.807, 2.05) is 7.11 Å². The zero-order valence-corrected chi connectivity index (χ0v) is 12.3. The van der Waals surface area contributed by atoms with Crippen molar-refractivity contribution in [3.63, 3.8) is 0 Å². The van der Waals surface area contributed by atoms with Crippen LogP contribution in [0.15, 0.2) is 0 Å². The lowest BCUT2D eigenvalue weighted by Gasteiger charge is -2.29. The molecule has 0 spiro atoms. The van der Waals surface area contributed by atoms with Gasteiger partial charge in [0.05, 0.1) is 6.10 Å². The van der Waals surface area contributed by atoms with Crippen molar-refractivity contribution in [3.05, 3.63) is 0 Å². The molecule has 2 aliphatic rings. The molecule has 2 aliphatic carbocycles. The molecule has 2 unspecified atom stereocenters. The minimum Gasteiger partial charge on any atom is -0.380 e. The highest BCUT2D eigenvalue weighted by molar-refractivity contribution is 4.90. The fourth-order valence-electron chi connectivity index (χ4n) is 3.65. The van der Waals surface area contributed by atoms with Crippen LogP contribution in [-0.2, 0) is 4.74 Å². The van der Waals surface area contributed by atoms with Crippen molar-refractivity contribution in [2.24, 2.45) is 11.8 Å². The molecule has 106 valence electrons. The summed E-state index contributed by atoms with van der Waals surface area (Å²) in [5, 5.41) is 3.67. The Morgan fingerprint density at radius 3 is 2.39 bits per heavy atom. The summed E-state index contributed by atoms with van der Waals surface area (Å²) in [6.07, 6.45) is 13.3. The molecule has 2 heteroatoms. The van der Waals surface area contributed by atoms with E-state index >= 15 is 0 Å². The predicted molar refractivity (Wildman–Crippen MR) is 76.8 cm³/mol. The zero-order valence-electron chi connectivity index (χ0n) is 12.3. The Morgan fingerprint density at radius 1 is 1.11 bits per heavy atom. The maximum atomic E-state index is 5.77. The maximum absolute atomic E-state index is 5.77. The Balaban J connectivity index is 1.76. The number of methoxy groups -OCH3 is 1. The fourth-order valence-corrected chi connectivity index (χ4v) is 3.65. The zero-order chi connectivity index (χ0) is 12.8. The highest BCUT2D eigenvalue weighted by atomic mass is 16.5. The van der Waals surface area contributed by atoms with Crippen molar-refractivity contribution in [1.29, 1.82) is 0 Å². The fraction of sp³-hybridized carbons (Fsp3) is 1.00. The van der Waals surface area contributed by atoms with Crippen LogP contribution in [0.5, 0.6) is 0 Å². The smallest absolute Gasteiger partial charge is 0.0752 e. The summed E-state index contributed by atoms with van der Waals surface area (Å²) < 4.78 is 5.77. The molecule has 2 rings (SSSR count). The SMILES string of the molecule is CCNC(CCC1CCCCC1)C(OC)C1CC1. The van der Waals surface area contributed by atoms with Gasteiger partial charge >= 0.3 is 0 Å². The van der Waals surface area contributed by atoms with Crippen molar-refractivity contribution in [2.75, 3.05) is 13.7 Å². The molecule has 0 bridgehead atoms. The molecule has 0 heterocycles. The summed E-state index contributed by atoms with van der Waals surface area (Å²) in [6, 6.07) is 0.592. The Morgan fingerprint density at radius 2 is 1.83 bits per heavy atom. The highest BCUT2D eigenvalue weighted by Crippen LogP contribution is 2.37. The quantitative estimate of drug-likeness (QED) is 0.711. The van der Waals surface area contributed by atoms with Crippen LogP contribution in [-0.4, -0.2) is 25.8 Å². The van der Waals surface area contributed by atoms with Gasteiger partial charge in [-0.05, 0) is 44.1 Å². The summed E-state index contributed by atoms with van der Waals surface area (Å²) in [5.74, 6) is 1.84. The van der Waals surface area contributed by atoms with Crippen molar-refractivity contribution < 1.29 is 4.74 Å². The molecular formula is C16H31NO. The largest absolute Gasteiger partial charge is 0.380 e. The Labute approximate surface area is 113 Å². The second-order valence-electron chi connectivity index (χ2n) is 6.28. The molecular weight excluding hydrogens is 222 g/mol. The van der Waals surface area contributed by atoms with Gasteiger partial charge in [-0.3, -0.25) is 0 Å². The van der Waals surface area contributed by atoms with Gasteiger partial charge in [-0.25, -0.2) is 0 Å². The standard InChI is InChI=1S/C16H31NO/c1-3-17-15(16(18-2)14-10-11-14)12-9-13-7-5-4-6-8-13/h13-17H,3-12H2,1-2H3. The summed E-state index contributed by atoms with van der Waals surface area (Å²) in [4.78, 5) is 0. The summed E-state index contributed by atoms with van der Waals surface area (Å²) in [7, 11) is 1.90. The Bertz CT molecular complexity index is 221. The van der Waals surface area contributed by atoms with Crippen LogP contribution in [0.1, 0.15) is 64.7 Å². The van der Waals surface area contributed by atoms with E-state index in [2.05, 4.69) is 12.2 Å². The molecule has 2 nitrogen and oxygen atoms in total. The van der Waals surface area contributed by atoms with Gasteiger partial charge in [0.15, 0.2) is 0 Å². The van der Waals surface area contributed by atoms with Crippen molar-refractivity contribution in [3.8, 4) is 0 Å². The number of rotatable bonds is 8. The predicted octanol–water partition coefficient (Wildman–Crippen LogP) is 3.75. The Kier molecular flexibility index (Phi) is 5.97. The van der Waals surface area contributed by atoms with Crippen LogP contribution in [0.4, 0.5) is 0 Å². The first-order valence-electron chi connectivity index (χ1n) is 8.11. The van der Waals surface area contributed by atoms with E-state index in [0.29, 0.717) is 12.1 Å². The van der Waals surface area contributed by atoms with E-state index in [9.17, 15) is 0 Å². The van der Waals surface area contributed by atoms with Gasteiger partial charge in [0.25, 0.3) is 0 Å². The third-order valence-electron chi connectivity index (χ3n) is 4.83. The average Bonchev–Trinajstić information content (AvgIpc) is 3.23. The van der Waals surface area contributed by atoms with Gasteiger partial charge in [-0.2, -0.15) is 0 Å². The maximum Gasteiger partial charge on any atom is 0.0752 e. The first-order chi connectivity index (χ1) is 8.85. The van der Waals surface area contributed by atoms with E-state index in [-0.39, 0.29) is 0 Å². The number of nitrogens with one attached hydrogen (secondary N) is 1. The van der Waals surface area contributed by atoms with E-state index in [1.54, 1.807) is 0 Å². The van der Waals surface area contributed by atoms with Gasteiger partial charge in [0.1, 0.15) is 0 Å². The van der Waals surface area contributed by atoms with Gasteiger partial charge in [-0.1, -0.05) is 39.0 Å².